The SMILES string of the molecule is CC(=O)NC(C)C.CCC(C)=C1SCC(=O)N1C(C)C. The first kappa shape index (κ1) is 19.0. The lowest BCUT2D eigenvalue weighted by Crippen LogP contribution is -2.31. The monoisotopic (exact) mass is 300 g/mol. The van der Waals surface area contributed by atoms with Gasteiger partial charge in [0.15, 0.2) is 0 Å². The third-order valence-corrected chi connectivity index (χ3v) is 3.93. The number of amides is 2. The van der Waals surface area contributed by atoms with Crippen molar-refractivity contribution in [3.63, 3.8) is 0 Å². The van der Waals surface area contributed by atoms with E-state index < -0.39 is 0 Å². The molecule has 1 aliphatic heterocycles. The normalized spacial score (nSPS) is 17.2. The molecule has 1 aliphatic rings. The van der Waals surface area contributed by atoms with Gasteiger partial charge in [-0.2, -0.15) is 0 Å². The number of carbonyl (C=O) groups excluding carboxylic acids is 2. The summed E-state index contributed by atoms with van der Waals surface area (Å²) >= 11 is 1.68. The van der Waals surface area contributed by atoms with Crippen molar-refractivity contribution in [2.75, 3.05) is 5.75 Å². The molecule has 0 atom stereocenters. The highest BCUT2D eigenvalue weighted by Crippen LogP contribution is 2.33. The molecule has 0 aromatic carbocycles. The van der Waals surface area contributed by atoms with Crippen molar-refractivity contribution in [3.8, 4) is 0 Å². The molecule has 0 saturated carbocycles. The fraction of sp³-hybridized carbons (Fsp3) is 0.733. The number of hydrogen-bond acceptors (Lipinski definition) is 3. The summed E-state index contributed by atoms with van der Waals surface area (Å²) in [6.07, 6.45) is 1.03. The van der Waals surface area contributed by atoms with Crippen LogP contribution in [0.2, 0.25) is 0 Å². The molecule has 20 heavy (non-hydrogen) atoms. The Bertz CT molecular complexity index is 376. The van der Waals surface area contributed by atoms with Crippen LogP contribution >= 0.6 is 11.8 Å². The van der Waals surface area contributed by atoms with Crippen LogP contribution in [0.1, 0.15) is 54.9 Å². The van der Waals surface area contributed by atoms with E-state index in [2.05, 4.69) is 33.0 Å². The summed E-state index contributed by atoms with van der Waals surface area (Å²) < 4.78 is 0. The van der Waals surface area contributed by atoms with E-state index in [4.69, 9.17) is 0 Å². The lowest BCUT2D eigenvalue weighted by Gasteiger charge is -2.23. The maximum absolute atomic E-state index is 11.5. The van der Waals surface area contributed by atoms with Crippen LogP contribution < -0.4 is 5.32 Å². The highest BCUT2D eigenvalue weighted by Gasteiger charge is 2.29. The molecule has 4 nitrogen and oxygen atoms in total. The van der Waals surface area contributed by atoms with E-state index in [1.807, 2.05) is 18.7 Å². The molecule has 2 amide bonds. The molecule has 0 unspecified atom stereocenters. The summed E-state index contributed by atoms with van der Waals surface area (Å²) in [4.78, 5) is 23.6. The molecule has 1 saturated heterocycles. The fourth-order valence-corrected chi connectivity index (χ4v) is 3.03. The van der Waals surface area contributed by atoms with Crippen LogP contribution in [0.3, 0.4) is 0 Å². The Morgan fingerprint density at radius 3 is 2.15 bits per heavy atom. The molecule has 1 N–H and O–H groups in total. The Labute approximate surface area is 127 Å². The topological polar surface area (TPSA) is 49.4 Å². The zero-order valence-electron chi connectivity index (χ0n) is 13.7. The van der Waals surface area contributed by atoms with Gasteiger partial charge in [0, 0.05) is 19.0 Å². The summed E-state index contributed by atoms with van der Waals surface area (Å²) in [5, 5.41) is 3.85. The van der Waals surface area contributed by atoms with E-state index in [1.165, 1.54) is 17.5 Å². The fourth-order valence-electron chi connectivity index (χ4n) is 1.79. The van der Waals surface area contributed by atoms with Gasteiger partial charge in [0.2, 0.25) is 11.8 Å². The zero-order chi connectivity index (χ0) is 15.9. The first-order valence-corrected chi connectivity index (χ1v) is 8.10. The number of rotatable bonds is 3. The Hall–Kier alpha value is -0.970. The summed E-state index contributed by atoms with van der Waals surface area (Å²) in [5.74, 6) is 0.906. The molecule has 0 aromatic rings. The number of hydrogen-bond donors (Lipinski definition) is 1. The molecule has 0 bridgehead atoms. The summed E-state index contributed by atoms with van der Waals surface area (Å²) in [7, 11) is 0. The van der Waals surface area contributed by atoms with Crippen LogP contribution in [0.4, 0.5) is 0 Å². The van der Waals surface area contributed by atoms with Crippen LogP contribution in [0.15, 0.2) is 10.6 Å². The third kappa shape index (κ3) is 6.46. The first-order chi connectivity index (χ1) is 9.20. The van der Waals surface area contributed by atoms with E-state index in [-0.39, 0.29) is 17.9 Å². The quantitative estimate of drug-likeness (QED) is 0.871. The Balaban J connectivity index is 0.000000441. The van der Waals surface area contributed by atoms with Gasteiger partial charge in [0.1, 0.15) is 0 Å². The number of nitrogens with one attached hydrogen (secondary N) is 1. The van der Waals surface area contributed by atoms with Crippen molar-refractivity contribution in [1.82, 2.24) is 10.2 Å². The van der Waals surface area contributed by atoms with Crippen LogP contribution in [-0.2, 0) is 9.59 Å². The highest BCUT2D eigenvalue weighted by molar-refractivity contribution is 8.04. The molecule has 1 rings (SSSR count). The average Bonchev–Trinajstić information content (AvgIpc) is 2.69. The first-order valence-electron chi connectivity index (χ1n) is 7.12. The third-order valence-electron chi connectivity index (χ3n) is 2.72. The predicted octanol–water partition coefficient (Wildman–Crippen LogP) is 3.14. The number of nitrogens with zero attached hydrogens (tertiary/aromatic N) is 1. The second kappa shape index (κ2) is 9.06. The average molecular weight is 300 g/mol. The van der Waals surface area contributed by atoms with Gasteiger partial charge >= 0.3 is 0 Å². The smallest absolute Gasteiger partial charge is 0.238 e. The lowest BCUT2D eigenvalue weighted by molar-refractivity contribution is -0.126. The number of carbonyl (C=O) groups is 2. The Kier molecular flexibility index (Phi) is 8.62. The van der Waals surface area contributed by atoms with E-state index in [0.717, 1.165) is 6.42 Å². The van der Waals surface area contributed by atoms with Gasteiger partial charge in [-0.15, -0.1) is 0 Å². The van der Waals surface area contributed by atoms with Crippen LogP contribution in [0.5, 0.6) is 0 Å². The van der Waals surface area contributed by atoms with E-state index in [9.17, 15) is 9.59 Å². The van der Waals surface area contributed by atoms with Crippen molar-refractivity contribution in [2.24, 2.45) is 0 Å². The summed E-state index contributed by atoms with van der Waals surface area (Å²) in [6, 6.07) is 0.566. The molecule has 0 aromatic heterocycles. The number of thioether (sulfide) groups is 1. The van der Waals surface area contributed by atoms with Crippen LogP contribution in [0.25, 0.3) is 0 Å². The molecule has 116 valence electrons. The molecule has 1 fully saturated rings. The molecule has 1 heterocycles. The van der Waals surface area contributed by atoms with Crippen molar-refractivity contribution < 1.29 is 9.59 Å². The maximum atomic E-state index is 11.5. The van der Waals surface area contributed by atoms with Gasteiger partial charge in [-0.1, -0.05) is 18.7 Å². The van der Waals surface area contributed by atoms with Crippen LogP contribution in [-0.4, -0.2) is 34.6 Å². The van der Waals surface area contributed by atoms with Gasteiger partial charge in [-0.3, -0.25) is 9.59 Å². The maximum Gasteiger partial charge on any atom is 0.238 e. The number of allylic oxidation sites excluding steroid dienone is 1. The minimum absolute atomic E-state index is 0.0370. The van der Waals surface area contributed by atoms with Gasteiger partial charge in [-0.25, -0.2) is 0 Å². The standard InChI is InChI=1S/C10H17NOS.C5H11NO/c1-5-8(4)10-11(7(2)3)9(12)6-13-10;1-4(2)6-5(3)7/h7H,5-6H2,1-4H3;4H,1-3H3,(H,6,7). The second-order valence-corrected chi connectivity index (χ2v) is 6.40. The van der Waals surface area contributed by atoms with Gasteiger partial charge in [-0.05, 0) is 46.6 Å². The predicted molar refractivity (Wildman–Crippen MR) is 86.4 cm³/mol. The van der Waals surface area contributed by atoms with E-state index >= 15 is 0 Å². The molecule has 0 radical (unpaired) electrons. The molecule has 0 spiro atoms. The largest absolute Gasteiger partial charge is 0.354 e. The molecule has 0 aliphatic carbocycles. The molecular formula is C15H28N2O2S. The summed E-state index contributed by atoms with van der Waals surface area (Å²) in [6.45, 7) is 13.7. The Morgan fingerprint density at radius 1 is 1.30 bits per heavy atom. The minimum Gasteiger partial charge on any atom is -0.354 e. The van der Waals surface area contributed by atoms with Gasteiger partial charge in [0.05, 0.1) is 10.8 Å². The van der Waals surface area contributed by atoms with Crippen molar-refractivity contribution >= 4 is 23.6 Å². The van der Waals surface area contributed by atoms with E-state index in [1.54, 1.807) is 11.8 Å². The molecule has 5 heteroatoms. The zero-order valence-corrected chi connectivity index (χ0v) is 14.6. The Morgan fingerprint density at radius 2 is 1.85 bits per heavy atom. The minimum atomic E-state index is 0.0370. The van der Waals surface area contributed by atoms with Gasteiger partial charge < -0.3 is 10.2 Å². The van der Waals surface area contributed by atoms with Crippen molar-refractivity contribution in [3.05, 3.63) is 10.6 Å². The van der Waals surface area contributed by atoms with E-state index in [0.29, 0.717) is 11.8 Å². The molecular weight excluding hydrogens is 272 g/mol. The van der Waals surface area contributed by atoms with Crippen molar-refractivity contribution in [2.45, 2.75) is 67.0 Å². The lowest BCUT2D eigenvalue weighted by atomic mass is 10.2. The second-order valence-electron chi connectivity index (χ2n) is 5.44. The summed E-state index contributed by atoms with van der Waals surface area (Å²) in [5.41, 5.74) is 1.32. The highest BCUT2D eigenvalue weighted by atomic mass is 32.2. The van der Waals surface area contributed by atoms with Crippen LogP contribution in [0, 0.1) is 0 Å². The van der Waals surface area contributed by atoms with Crippen molar-refractivity contribution in [1.29, 1.82) is 0 Å². The van der Waals surface area contributed by atoms with Gasteiger partial charge in [0.25, 0.3) is 0 Å².